The molecule has 0 fully saturated rings. The first-order chi connectivity index (χ1) is 20.5. The fourth-order valence-corrected chi connectivity index (χ4v) is 6.11. The molecule has 0 radical (unpaired) electrons. The molecule has 3 aromatic carbocycles. The summed E-state index contributed by atoms with van der Waals surface area (Å²) in [6.07, 6.45) is -4.67. The summed E-state index contributed by atoms with van der Waals surface area (Å²) in [6.45, 7) is 8.69. The molecular formula is C32H37ClF3N3O4S. The summed E-state index contributed by atoms with van der Waals surface area (Å²) in [5.41, 5.74) is 0.789. The average molecular weight is 652 g/mol. The number of aryl methyl sites for hydroxylation is 2. The SMILES string of the molecule is CC[C@@H](C(=O)NCC(C)C)N(Cc1ccc(C)cc1)C(=O)CN(c1ccc(Cl)c(C(F)(F)F)c1)S(=O)(=O)c1ccc(C)cc1. The zero-order chi connectivity index (χ0) is 32.8. The van der Waals surface area contributed by atoms with E-state index >= 15 is 0 Å². The monoisotopic (exact) mass is 651 g/mol. The van der Waals surface area contributed by atoms with Gasteiger partial charge in [-0.15, -0.1) is 0 Å². The lowest BCUT2D eigenvalue weighted by Crippen LogP contribution is -2.52. The van der Waals surface area contributed by atoms with Crippen LogP contribution in [0.4, 0.5) is 18.9 Å². The van der Waals surface area contributed by atoms with E-state index in [1.807, 2.05) is 32.9 Å². The Morgan fingerprint density at radius 1 is 0.932 bits per heavy atom. The van der Waals surface area contributed by atoms with Gasteiger partial charge in [0, 0.05) is 13.1 Å². The maximum absolute atomic E-state index is 14.1. The highest BCUT2D eigenvalue weighted by molar-refractivity contribution is 7.92. The van der Waals surface area contributed by atoms with Crippen LogP contribution in [0.1, 0.15) is 49.4 Å². The summed E-state index contributed by atoms with van der Waals surface area (Å²) in [6, 6.07) is 14.7. The van der Waals surface area contributed by atoms with E-state index in [4.69, 9.17) is 11.6 Å². The largest absolute Gasteiger partial charge is 0.417 e. The molecule has 0 unspecified atom stereocenters. The smallest absolute Gasteiger partial charge is 0.354 e. The minimum absolute atomic E-state index is 0.0282. The molecule has 12 heteroatoms. The third kappa shape index (κ3) is 8.75. The molecule has 0 aliphatic heterocycles. The van der Waals surface area contributed by atoms with Gasteiger partial charge in [0.2, 0.25) is 11.8 Å². The van der Waals surface area contributed by atoms with Crippen LogP contribution < -0.4 is 9.62 Å². The number of amides is 2. The van der Waals surface area contributed by atoms with Crippen LogP contribution in [0.3, 0.4) is 0 Å². The molecule has 0 aliphatic carbocycles. The first-order valence-corrected chi connectivity index (χ1v) is 15.9. The third-order valence-corrected chi connectivity index (χ3v) is 9.09. The van der Waals surface area contributed by atoms with E-state index in [0.717, 1.165) is 23.3 Å². The van der Waals surface area contributed by atoms with Crippen molar-refractivity contribution in [2.75, 3.05) is 17.4 Å². The average Bonchev–Trinajstić information content (AvgIpc) is 2.95. The molecule has 3 rings (SSSR count). The second-order valence-electron chi connectivity index (χ2n) is 11.1. The Morgan fingerprint density at radius 2 is 1.50 bits per heavy atom. The highest BCUT2D eigenvalue weighted by atomic mass is 35.5. The van der Waals surface area contributed by atoms with E-state index in [1.54, 1.807) is 38.1 Å². The van der Waals surface area contributed by atoms with Crippen LogP contribution in [0.15, 0.2) is 71.6 Å². The lowest BCUT2D eigenvalue weighted by molar-refractivity contribution is -0.140. The Hall–Kier alpha value is -3.57. The van der Waals surface area contributed by atoms with Gasteiger partial charge in [-0.3, -0.25) is 13.9 Å². The van der Waals surface area contributed by atoms with E-state index < -0.39 is 56.9 Å². The Kier molecular flexibility index (Phi) is 11.5. The van der Waals surface area contributed by atoms with Crippen LogP contribution in [0.5, 0.6) is 0 Å². The summed E-state index contributed by atoms with van der Waals surface area (Å²) < 4.78 is 70.0. The molecule has 0 bridgehead atoms. The van der Waals surface area contributed by atoms with Gasteiger partial charge in [0.05, 0.1) is 21.2 Å². The summed E-state index contributed by atoms with van der Waals surface area (Å²) in [7, 11) is -4.55. The van der Waals surface area contributed by atoms with Crippen LogP contribution in [0, 0.1) is 19.8 Å². The number of carbonyl (C=O) groups excluding carboxylic acids is 2. The minimum atomic E-state index is -4.88. The second-order valence-corrected chi connectivity index (χ2v) is 13.3. The summed E-state index contributed by atoms with van der Waals surface area (Å²) in [5, 5.41) is 2.22. The third-order valence-electron chi connectivity index (χ3n) is 6.98. The molecule has 2 amide bonds. The lowest BCUT2D eigenvalue weighted by atomic mass is 10.1. The van der Waals surface area contributed by atoms with Gasteiger partial charge >= 0.3 is 6.18 Å². The number of sulfonamides is 1. The minimum Gasteiger partial charge on any atom is -0.354 e. The fraction of sp³-hybridized carbons (Fsp3) is 0.375. The maximum Gasteiger partial charge on any atom is 0.417 e. The van der Waals surface area contributed by atoms with Gasteiger partial charge in [0.1, 0.15) is 12.6 Å². The molecule has 0 saturated carbocycles. The first-order valence-electron chi connectivity index (χ1n) is 14.1. The Labute approximate surface area is 262 Å². The number of hydrogen-bond acceptors (Lipinski definition) is 4. The second kappa shape index (κ2) is 14.5. The molecule has 0 spiro atoms. The van der Waals surface area contributed by atoms with E-state index in [2.05, 4.69) is 5.32 Å². The number of alkyl halides is 3. The van der Waals surface area contributed by atoms with Crippen molar-refractivity contribution in [3.05, 3.63) is 94.0 Å². The van der Waals surface area contributed by atoms with Gasteiger partial charge in [-0.25, -0.2) is 8.42 Å². The zero-order valence-electron chi connectivity index (χ0n) is 25.3. The highest BCUT2D eigenvalue weighted by Gasteiger charge is 2.37. The molecule has 3 aromatic rings. The van der Waals surface area contributed by atoms with Gasteiger partial charge in [-0.05, 0) is 62.1 Å². The summed E-state index contributed by atoms with van der Waals surface area (Å²) in [5.74, 6) is -1.04. The van der Waals surface area contributed by atoms with E-state index in [0.29, 0.717) is 22.5 Å². The molecular weight excluding hydrogens is 615 g/mol. The number of nitrogens with zero attached hydrogens (tertiary/aromatic N) is 2. The van der Waals surface area contributed by atoms with E-state index in [9.17, 15) is 31.2 Å². The molecule has 1 atom stereocenters. The number of hydrogen-bond donors (Lipinski definition) is 1. The van der Waals surface area contributed by atoms with Crippen LogP contribution >= 0.6 is 11.6 Å². The number of carbonyl (C=O) groups is 2. The molecule has 1 N–H and O–H groups in total. The van der Waals surface area contributed by atoms with Crippen molar-refractivity contribution in [1.29, 1.82) is 0 Å². The maximum atomic E-state index is 14.1. The topological polar surface area (TPSA) is 86.8 Å². The fourth-order valence-electron chi connectivity index (χ4n) is 4.48. The van der Waals surface area contributed by atoms with Gasteiger partial charge in [-0.1, -0.05) is 79.9 Å². The number of rotatable bonds is 12. The van der Waals surface area contributed by atoms with Crippen LogP contribution in [-0.4, -0.2) is 44.3 Å². The molecule has 7 nitrogen and oxygen atoms in total. The van der Waals surface area contributed by atoms with Crippen molar-refractivity contribution in [2.45, 2.75) is 64.7 Å². The lowest BCUT2D eigenvalue weighted by Gasteiger charge is -2.33. The quantitative estimate of drug-likeness (QED) is 0.235. The van der Waals surface area contributed by atoms with E-state index in [1.165, 1.54) is 17.0 Å². The zero-order valence-corrected chi connectivity index (χ0v) is 26.9. The van der Waals surface area contributed by atoms with Crippen molar-refractivity contribution in [3.63, 3.8) is 0 Å². The van der Waals surface area contributed by atoms with Crippen LogP contribution in [0.25, 0.3) is 0 Å². The number of benzene rings is 3. The van der Waals surface area contributed by atoms with Crippen molar-refractivity contribution in [3.8, 4) is 0 Å². The molecule has 0 aliphatic rings. The van der Waals surface area contributed by atoms with Crippen molar-refractivity contribution >= 4 is 39.1 Å². The standard InChI is InChI=1S/C32H37ClF3N3O4S/c1-6-29(31(41)37-18-21(2)3)38(19-24-11-7-22(4)8-12-24)30(40)20-39(44(42,43)26-14-9-23(5)10-15-26)25-13-16-28(33)27(17-25)32(34,35)36/h7-17,21,29H,6,18-20H2,1-5H3,(H,37,41)/t29-/m0/s1. The van der Waals surface area contributed by atoms with Gasteiger partial charge in [0.15, 0.2) is 0 Å². The normalized spacial score (nSPS) is 12.6. The van der Waals surface area contributed by atoms with Crippen LogP contribution in [0.2, 0.25) is 5.02 Å². The predicted molar refractivity (Wildman–Crippen MR) is 166 cm³/mol. The summed E-state index contributed by atoms with van der Waals surface area (Å²) in [4.78, 5) is 28.5. The number of nitrogens with one attached hydrogen (secondary N) is 1. The predicted octanol–water partition coefficient (Wildman–Crippen LogP) is 6.75. The molecule has 238 valence electrons. The molecule has 0 heterocycles. The number of halogens is 4. The Balaban J connectivity index is 2.13. The van der Waals surface area contributed by atoms with Gasteiger partial charge in [-0.2, -0.15) is 13.2 Å². The number of anilines is 1. The van der Waals surface area contributed by atoms with Crippen molar-refractivity contribution in [1.82, 2.24) is 10.2 Å². The van der Waals surface area contributed by atoms with Gasteiger partial charge < -0.3 is 10.2 Å². The Bertz CT molecular complexity index is 1560. The van der Waals surface area contributed by atoms with Crippen molar-refractivity contribution in [2.24, 2.45) is 5.92 Å². The Morgan fingerprint density at radius 3 is 2.02 bits per heavy atom. The van der Waals surface area contributed by atoms with Crippen LogP contribution in [-0.2, 0) is 32.3 Å². The molecule has 0 saturated heterocycles. The van der Waals surface area contributed by atoms with Gasteiger partial charge in [0.25, 0.3) is 10.0 Å². The van der Waals surface area contributed by atoms with Crippen molar-refractivity contribution < 1.29 is 31.2 Å². The molecule has 0 aromatic heterocycles. The first kappa shape index (κ1) is 34.9. The highest BCUT2D eigenvalue weighted by Crippen LogP contribution is 2.38. The summed E-state index contributed by atoms with van der Waals surface area (Å²) >= 11 is 5.83. The van der Waals surface area contributed by atoms with E-state index in [-0.39, 0.29) is 23.8 Å². The molecule has 44 heavy (non-hydrogen) atoms.